The van der Waals surface area contributed by atoms with Gasteiger partial charge in [0.2, 0.25) is 5.91 Å². The van der Waals surface area contributed by atoms with Gasteiger partial charge in [-0.15, -0.1) is 16.8 Å². The molecule has 1 aromatic heterocycles. The number of carbonyl (C=O) groups excluding carboxylic acids is 2. The van der Waals surface area contributed by atoms with Gasteiger partial charge in [0.1, 0.15) is 5.82 Å². The van der Waals surface area contributed by atoms with Gasteiger partial charge in [0.05, 0.1) is 11.8 Å². The molecule has 1 atom stereocenters. The Morgan fingerprint density at radius 3 is 2.79 bits per heavy atom. The summed E-state index contributed by atoms with van der Waals surface area (Å²) in [4.78, 5) is 25.0. The van der Waals surface area contributed by atoms with Crippen molar-refractivity contribution in [2.75, 3.05) is 11.1 Å². The maximum Gasteiger partial charge on any atom is 0.251 e. The number of carbonyl (C=O) groups is 2. The molecule has 0 aliphatic rings. The van der Waals surface area contributed by atoms with Crippen LogP contribution < -0.4 is 10.6 Å². The van der Waals surface area contributed by atoms with E-state index >= 15 is 0 Å². The lowest BCUT2D eigenvalue weighted by atomic mass is 10.2. The molecular weight excluding hydrogens is 465 g/mol. The van der Waals surface area contributed by atoms with Crippen LogP contribution >= 0.6 is 23.4 Å². The number of anilines is 1. The number of allylic oxidation sites excluding steroid dienone is 1. The first kappa shape index (κ1) is 24.5. The molecule has 0 fully saturated rings. The van der Waals surface area contributed by atoms with Crippen LogP contribution in [0.2, 0.25) is 5.02 Å². The van der Waals surface area contributed by atoms with Crippen LogP contribution in [0.5, 0.6) is 0 Å². The Balaban J connectivity index is 1.68. The van der Waals surface area contributed by atoms with Gasteiger partial charge in [0, 0.05) is 22.8 Å². The molecule has 0 bridgehead atoms. The zero-order chi connectivity index (χ0) is 24.0. The Morgan fingerprint density at radius 1 is 1.27 bits per heavy atom. The molecule has 0 saturated carbocycles. The summed E-state index contributed by atoms with van der Waals surface area (Å²) in [6.07, 6.45) is 1.68. The summed E-state index contributed by atoms with van der Waals surface area (Å²) in [7, 11) is 0. The molecule has 172 valence electrons. The summed E-state index contributed by atoms with van der Waals surface area (Å²) in [5.41, 5.74) is 1.62. The van der Waals surface area contributed by atoms with Crippen LogP contribution in [0.4, 0.5) is 10.1 Å². The SMILES string of the molecule is C=CCn1c(SCC(=O)Nc2cc(F)ccc2C)nnc1C(C)NC(=O)c1cccc(Cl)c1. The summed E-state index contributed by atoms with van der Waals surface area (Å²) < 4.78 is 15.2. The number of nitrogens with one attached hydrogen (secondary N) is 2. The van der Waals surface area contributed by atoms with E-state index in [-0.39, 0.29) is 17.6 Å². The third-order valence-corrected chi connectivity index (χ3v) is 5.89. The minimum Gasteiger partial charge on any atom is -0.342 e. The molecule has 3 aromatic rings. The molecule has 0 radical (unpaired) electrons. The van der Waals surface area contributed by atoms with Crippen molar-refractivity contribution in [2.24, 2.45) is 0 Å². The van der Waals surface area contributed by atoms with Crippen LogP contribution in [-0.4, -0.2) is 32.3 Å². The van der Waals surface area contributed by atoms with Gasteiger partial charge < -0.3 is 15.2 Å². The Morgan fingerprint density at radius 2 is 2.06 bits per heavy atom. The molecular formula is C23H23ClFN5O2S. The predicted molar refractivity (Wildman–Crippen MR) is 128 cm³/mol. The smallest absolute Gasteiger partial charge is 0.251 e. The number of hydrogen-bond donors (Lipinski definition) is 2. The summed E-state index contributed by atoms with van der Waals surface area (Å²) in [5.74, 6) is -0.445. The average molecular weight is 488 g/mol. The zero-order valence-corrected chi connectivity index (χ0v) is 19.7. The largest absolute Gasteiger partial charge is 0.342 e. The summed E-state index contributed by atoms with van der Waals surface area (Å²) in [5, 5.41) is 14.9. The van der Waals surface area contributed by atoms with Gasteiger partial charge in [0.15, 0.2) is 11.0 Å². The molecule has 0 saturated heterocycles. The van der Waals surface area contributed by atoms with Gasteiger partial charge in [-0.1, -0.05) is 41.6 Å². The highest BCUT2D eigenvalue weighted by atomic mass is 35.5. The van der Waals surface area contributed by atoms with Crippen molar-refractivity contribution in [1.82, 2.24) is 20.1 Å². The van der Waals surface area contributed by atoms with Crippen molar-refractivity contribution in [2.45, 2.75) is 31.6 Å². The maximum absolute atomic E-state index is 13.5. The molecule has 0 aliphatic carbocycles. The Labute approximate surface area is 200 Å². The van der Waals surface area contributed by atoms with E-state index in [0.29, 0.717) is 33.8 Å². The minimum absolute atomic E-state index is 0.0501. The van der Waals surface area contributed by atoms with E-state index in [1.54, 1.807) is 54.8 Å². The molecule has 2 amide bonds. The van der Waals surface area contributed by atoms with Crippen LogP contribution in [-0.2, 0) is 11.3 Å². The first-order chi connectivity index (χ1) is 15.8. The van der Waals surface area contributed by atoms with Crippen LogP contribution in [0.1, 0.15) is 34.7 Å². The molecule has 1 unspecified atom stereocenters. The van der Waals surface area contributed by atoms with Crippen LogP contribution in [0.3, 0.4) is 0 Å². The van der Waals surface area contributed by atoms with Gasteiger partial charge in [-0.25, -0.2) is 4.39 Å². The molecule has 33 heavy (non-hydrogen) atoms. The fourth-order valence-electron chi connectivity index (χ4n) is 3.05. The van der Waals surface area contributed by atoms with Crippen molar-refractivity contribution in [3.05, 3.63) is 82.9 Å². The van der Waals surface area contributed by atoms with Gasteiger partial charge in [-0.3, -0.25) is 9.59 Å². The number of benzene rings is 2. The van der Waals surface area contributed by atoms with Crippen molar-refractivity contribution < 1.29 is 14.0 Å². The number of nitrogens with zero attached hydrogens (tertiary/aromatic N) is 3. The van der Waals surface area contributed by atoms with Crippen LogP contribution in [0.15, 0.2) is 60.3 Å². The number of aromatic nitrogens is 3. The molecule has 2 N–H and O–H groups in total. The highest BCUT2D eigenvalue weighted by molar-refractivity contribution is 7.99. The molecule has 0 spiro atoms. The third kappa shape index (κ3) is 6.43. The van der Waals surface area contributed by atoms with Gasteiger partial charge in [-0.05, 0) is 49.7 Å². The van der Waals surface area contributed by atoms with Gasteiger partial charge >= 0.3 is 0 Å². The second-order valence-electron chi connectivity index (χ2n) is 7.24. The normalized spacial score (nSPS) is 11.6. The van der Waals surface area contributed by atoms with E-state index in [2.05, 4.69) is 27.4 Å². The average Bonchev–Trinajstić information content (AvgIpc) is 3.18. The monoisotopic (exact) mass is 487 g/mol. The third-order valence-electron chi connectivity index (χ3n) is 4.68. The summed E-state index contributed by atoms with van der Waals surface area (Å²) in [6, 6.07) is 10.4. The van der Waals surface area contributed by atoms with Crippen LogP contribution in [0, 0.1) is 12.7 Å². The van der Waals surface area contributed by atoms with Crippen molar-refractivity contribution in [3.8, 4) is 0 Å². The number of amides is 2. The molecule has 7 nitrogen and oxygen atoms in total. The van der Waals surface area contributed by atoms with E-state index in [0.717, 1.165) is 5.56 Å². The first-order valence-electron chi connectivity index (χ1n) is 10.1. The van der Waals surface area contributed by atoms with E-state index in [4.69, 9.17) is 11.6 Å². The van der Waals surface area contributed by atoms with Crippen molar-refractivity contribution in [1.29, 1.82) is 0 Å². The Hall–Kier alpha value is -3.17. The first-order valence-corrected chi connectivity index (χ1v) is 11.4. The zero-order valence-electron chi connectivity index (χ0n) is 18.1. The Kier molecular flexibility index (Phi) is 8.24. The number of hydrogen-bond acceptors (Lipinski definition) is 5. The summed E-state index contributed by atoms with van der Waals surface area (Å²) in [6.45, 7) is 7.73. The predicted octanol–water partition coefficient (Wildman–Crippen LogP) is 4.79. The number of rotatable bonds is 9. The molecule has 0 aliphatic heterocycles. The standard InChI is InChI=1S/C23H23ClFN5O2S/c1-4-10-30-21(15(3)26-22(32)16-6-5-7-17(24)11-16)28-29-23(30)33-13-20(31)27-19-12-18(25)9-8-14(19)2/h4-9,11-12,15H,1,10,13H2,2-3H3,(H,26,32)(H,27,31). The molecule has 1 heterocycles. The minimum atomic E-state index is -0.456. The molecule has 2 aromatic carbocycles. The molecule has 3 rings (SSSR count). The fourth-order valence-corrected chi connectivity index (χ4v) is 3.99. The second-order valence-corrected chi connectivity index (χ2v) is 8.62. The second kappa shape index (κ2) is 11.1. The van der Waals surface area contributed by atoms with Crippen molar-refractivity contribution >= 4 is 40.9 Å². The van der Waals surface area contributed by atoms with E-state index in [1.807, 2.05) is 0 Å². The number of thioether (sulfide) groups is 1. The van der Waals surface area contributed by atoms with E-state index in [1.165, 1.54) is 23.9 Å². The topological polar surface area (TPSA) is 88.9 Å². The lowest BCUT2D eigenvalue weighted by Crippen LogP contribution is -2.28. The number of aryl methyl sites for hydroxylation is 1. The quantitative estimate of drug-likeness (QED) is 0.335. The molecule has 10 heteroatoms. The summed E-state index contributed by atoms with van der Waals surface area (Å²) >= 11 is 7.15. The highest BCUT2D eigenvalue weighted by Crippen LogP contribution is 2.22. The van der Waals surface area contributed by atoms with Crippen molar-refractivity contribution in [3.63, 3.8) is 0 Å². The Bertz CT molecular complexity index is 1180. The van der Waals surface area contributed by atoms with Gasteiger partial charge in [-0.2, -0.15) is 0 Å². The fraction of sp³-hybridized carbons (Fsp3) is 0.217. The van der Waals surface area contributed by atoms with Crippen LogP contribution in [0.25, 0.3) is 0 Å². The maximum atomic E-state index is 13.5. The highest BCUT2D eigenvalue weighted by Gasteiger charge is 2.20. The lowest BCUT2D eigenvalue weighted by Gasteiger charge is -2.15. The van der Waals surface area contributed by atoms with Gasteiger partial charge in [0.25, 0.3) is 5.91 Å². The number of halogens is 2. The van der Waals surface area contributed by atoms with E-state index < -0.39 is 11.9 Å². The van der Waals surface area contributed by atoms with E-state index in [9.17, 15) is 14.0 Å². The lowest BCUT2D eigenvalue weighted by molar-refractivity contribution is -0.113.